The molecule has 1 unspecified atom stereocenters. The van der Waals surface area contributed by atoms with Crippen molar-refractivity contribution in [2.75, 3.05) is 39.8 Å². The Morgan fingerprint density at radius 2 is 1.83 bits per heavy atom. The van der Waals surface area contributed by atoms with Gasteiger partial charge in [-0.1, -0.05) is 19.3 Å². The Balaban J connectivity index is 0.00000450. The van der Waals surface area contributed by atoms with Crippen LogP contribution in [0.4, 0.5) is 4.79 Å². The van der Waals surface area contributed by atoms with Gasteiger partial charge < -0.3 is 25.0 Å². The van der Waals surface area contributed by atoms with Crippen LogP contribution in [0.15, 0.2) is 4.99 Å². The number of aliphatic imine (C=N–C) groups is 1. The molecule has 0 aromatic carbocycles. The van der Waals surface area contributed by atoms with Crippen molar-refractivity contribution < 1.29 is 14.3 Å². The van der Waals surface area contributed by atoms with E-state index in [1.54, 1.807) is 7.05 Å². The molecule has 7 nitrogen and oxygen atoms in total. The Morgan fingerprint density at radius 3 is 2.50 bits per heavy atom. The number of hydrogen-bond donors (Lipinski definition) is 2. The normalized spacial score (nSPS) is 21.0. The van der Waals surface area contributed by atoms with Gasteiger partial charge in [0.2, 0.25) is 0 Å². The highest BCUT2D eigenvalue weighted by Gasteiger charge is 2.27. The highest BCUT2D eigenvalue weighted by molar-refractivity contribution is 14.0. The van der Waals surface area contributed by atoms with Gasteiger partial charge in [-0.25, -0.2) is 4.79 Å². The van der Waals surface area contributed by atoms with Crippen LogP contribution in [0, 0.1) is 5.92 Å². The van der Waals surface area contributed by atoms with Gasteiger partial charge >= 0.3 is 6.09 Å². The summed E-state index contributed by atoms with van der Waals surface area (Å²) in [5, 5.41) is 6.77. The standard InChI is InChI=1S/C22H42N4O3.HI/c1-22(2,3)29-21(27)26-14-8-10-18(17-26)16-25-20(23-4)24-13-9-15-28-19-11-6-5-7-12-19;/h18-19H,5-17H2,1-4H3,(H2,23,24,25);1H. The molecule has 2 N–H and O–H groups in total. The third kappa shape index (κ3) is 11.0. The molecule has 8 heteroatoms. The fourth-order valence-corrected chi connectivity index (χ4v) is 3.95. The lowest BCUT2D eigenvalue weighted by Crippen LogP contribution is -2.47. The lowest BCUT2D eigenvalue weighted by atomic mass is 9.98. The summed E-state index contributed by atoms with van der Waals surface area (Å²) in [7, 11) is 1.79. The molecular formula is C22H43IN4O3. The number of nitrogens with zero attached hydrogens (tertiary/aromatic N) is 2. The van der Waals surface area contributed by atoms with E-state index in [1.807, 2.05) is 25.7 Å². The number of ether oxygens (including phenoxy) is 2. The number of halogens is 1. The van der Waals surface area contributed by atoms with E-state index in [0.29, 0.717) is 12.0 Å². The number of nitrogens with one attached hydrogen (secondary N) is 2. The maximum absolute atomic E-state index is 12.3. The maximum Gasteiger partial charge on any atom is 0.410 e. The Kier molecular flexibility index (Phi) is 13.0. The zero-order chi connectivity index (χ0) is 21.1. The van der Waals surface area contributed by atoms with E-state index in [2.05, 4.69) is 15.6 Å². The first-order valence-corrected chi connectivity index (χ1v) is 11.4. The molecule has 2 fully saturated rings. The maximum atomic E-state index is 12.3. The molecule has 0 bridgehead atoms. The largest absolute Gasteiger partial charge is 0.444 e. The predicted molar refractivity (Wildman–Crippen MR) is 133 cm³/mol. The molecule has 2 rings (SSSR count). The molecule has 176 valence electrons. The molecule has 0 radical (unpaired) electrons. The van der Waals surface area contributed by atoms with E-state index in [1.165, 1.54) is 32.1 Å². The third-order valence-electron chi connectivity index (χ3n) is 5.47. The summed E-state index contributed by atoms with van der Waals surface area (Å²) >= 11 is 0. The van der Waals surface area contributed by atoms with Crippen molar-refractivity contribution in [1.29, 1.82) is 0 Å². The van der Waals surface area contributed by atoms with Crippen LogP contribution in [0.25, 0.3) is 0 Å². The second kappa shape index (κ2) is 14.3. The number of piperidine rings is 1. The minimum absolute atomic E-state index is 0. The summed E-state index contributed by atoms with van der Waals surface area (Å²) in [6.45, 7) is 9.69. The first-order chi connectivity index (χ1) is 13.9. The summed E-state index contributed by atoms with van der Waals surface area (Å²) in [6, 6.07) is 0. The first kappa shape index (κ1) is 27.3. The number of carbonyl (C=O) groups excluding carboxylic acids is 1. The van der Waals surface area contributed by atoms with E-state index < -0.39 is 5.60 Å². The SMILES string of the molecule is CN=C(NCCCOC1CCCCC1)NCC1CCCN(C(=O)OC(C)(C)C)C1.I. The Hall–Kier alpha value is -0.770. The van der Waals surface area contributed by atoms with E-state index in [0.717, 1.165) is 58.0 Å². The number of amides is 1. The third-order valence-corrected chi connectivity index (χ3v) is 5.47. The molecule has 0 aromatic rings. The monoisotopic (exact) mass is 538 g/mol. The lowest BCUT2D eigenvalue weighted by molar-refractivity contribution is 0.0168. The number of hydrogen-bond acceptors (Lipinski definition) is 4. The number of guanidine groups is 1. The van der Waals surface area contributed by atoms with Crippen LogP contribution in [0.2, 0.25) is 0 Å². The van der Waals surface area contributed by atoms with Crippen molar-refractivity contribution in [2.45, 2.75) is 83.8 Å². The van der Waals surface area contributed by atoms with Crippen molar-refractivity contribution >= 4 is 36.0 Å². The smallest absolute Gasteiger partial charge is 0.410 e. The van der Waals surface area contributed by atoms with Crippen LogP contribution in [0.3, 0.4) is 0 Å². The van der Waals surface area contributed by atoms with Gasteiger partial charge in [-0.05, 0) is 58.8 Å². The van der Waals surface area contributed by atoms with E-state index >= 15 is 0 Å². The summed E-state index contributed by atoms with van der Waals surface area (Å²) in [5.74, 6) is 1.22. The first-order valence-electron chi connectivity index (χ1n) is 11.4. The van der Waals surface area contributed by atoms with E-state index in [9.17, 15) is 4.79 Å². The highest BCUT2D eigenvalue weighted by atomic mass is 127. The second-order valence-electron chi connectivity index (χ2n) is 9.30. The topological polar surface area (TPSA) is 75.2 Å². The molecule has 30 heavy (non-hydrogen) atoms. The molecule has 0 aromatic heterocycles. The fraction of sp³-hybridized carbons (Fsp3) is 0.909. The van der Waals surface area contributed by atoms with Crippen molar-refractivity contribution in [2.24, 2.45) is 10.9 Å². The molecule has 2 aliphatic rings. The van der Waals surface area contributed by atoms with Gasteiger partial charge in [-0.2, -0.15) is 0 Å². The van der Waals surface area contributed by atoms with Crippen molar-refractivity contribution in [1.82, 2.24) is 15.5 Å². The number of rotatable bonds is 7. The molecule has 0 spiro atoms. The highest BCUT2D eigenvalue weighted by Crippen LogP contribution is 2.20. The van der Waals surface area contributed by atoms with Gasteiger partial charge in [-0.15, -0.1) is 24.0 Å². The zero-order valence-electron chi connectivity index (χ0n) is 19.4. The van der Waals surface area contributed by atoms with E-state index in [4.69, 9.17) is 9.47 Å². The number of carbonyl (C=O) groups is 1. The van der Waals surface area contributed by atoms with Crippen LogP contribution in [-0.2, 0) is 9.47 Å². The number of likely N-dealkylation sites (tertiary alicyclic amines) is 1. The molecule has 1 atom stereocenters. The Labute approximate surface area is 200 Å². The Bertz CT molecular complexity index is 519. The van der Waals surface area contributed by atoms with E-state index in [-0.39, 0.29) is 30.1 Å². The van der Waals surface area contributed by atoms with Gasteiger partial charge in [0.1, 0.15) is 5.60 Å². The van der Waals surface area contributed by atoms with Crippen molar-refractivity contribution in [3.63, 3.8) is 0 Å². The average Bonchev–Trinajstić information content (AvgIpc) is 2.70. The lowest BCUT2D eigenvalue weighted by Gasteiger charge is -2.34. The van der Waals surface area contributed by atoms with Gasteiger partial charge in [0, 0.05) is 39.8 Å². The molecular weight excluding hydrogens is 495 g/mol. The average molecular weight is 539 g/mol. The van der Waals surface area contributed by atoms with Gasteiger partial charge in [0.15, 0.2) is 5.96 Å². The summed E-state index contributed by atoms with van der Waals surface area (Å²) in [4.78, 5) is 18.5. The Morgan fingerprint density at radius 1 is 1.10 bits per heavy atom. The molecule has 1 saturated heterocycles. The van der Waals surface area contributed by atoms with Gasteiger partial charge in [0.05, 0.1) is 6.10 Å². The van der Waals surface area contributed by atoms with Crippen LogP contribution in [-0.4, -0.2) is 68.5 Å². The molecule has 1 amide bonds. The predicted octanol–water partition coefficient (Wildman–Crippen LogP) is 4.16. The summed E-state index contributed by atoms with van der Waals surface area (Å²) < 4.78 is 11.5. The second-order valence-corrected chi connectivity index (χ2v) is 9.30. The zero-order valence-corrected chi connectivity index (χ0v) is 21.7. The minimum Gasteiger partial charge on any atom is -0.444 e. The van der Waals surface area contributed by atoms with Crippen molar-refractivity contribution in [3.05, 3.63) is 0 Å². The molecule has 1 saturated carbocycles. The molecule has 1 heterocycles. The minimum atomic E-state index is -0.449. The summed E-state index contributed by atoms with van der Waals surface area (Å²) in [6.07, 6.45) is 9.79. The van der Waals surface area contributed by atoms with Gasteiger partial charge in [0.25, 0.3) is 0 Å². The quantitative estimate of drug-likeness (QED) is 0.221. The van der Waals surface area contributed by atoms with Crippen LogP contribution in [0.1, 0.15) is 72.1 Å². The van der Waals surface area contributed by atoms with Crippen LogP contribution < -0.4 is 10.6 Å². The van der Waals surface area contributed by atoms with Crippen LogP contribution in [0.5, 0.6) is 0 Å². The fourth-order valence-electron chi connectivity index (χ4n) is 3.95. The van der Waals surface area contributed by atoms with Crippen molar-refractivity contribution in [3.8, 4) is 0 Å². The molecule has 1 aliphatic carbocycles. The molecule has 1 aliphatic heterocycles. The van der Waals surface area contributed by atoms with Crippen LogP contribution >= 0.6 is 24.0 Å². The van der Waals surface area contributed by atoms with Gasteiger partial charge in [-0.3, -0.25) is 4.99 Å². The summed E-state index contributed by atoms with van der Waals surface area (Å²) in [5.41, 5.74) is -0.449.